The van der Waals surface area contributed by atoms with Crippen molar-refractivity contribution in [1.82, 2.24) is 0 Å². The van der Waals surface area contributed by atoms with Gasteiger partial charge >= 0.3 is 0 Å². The van der Waals surface area contributed by atoms with Gasteiger partial charge in [0.05, 0.1) is 16.3 Å². The maximum Gasteiger partial charge on any atom is 0.270 e. The van der Waals surface area contributed by atoms with Gasteiger partial charge in [0.1, 0.15) is 10.6 Å². The summed E-state index contributed by atoms with van der Waals surface area (Å²) < 4.78 is 28.3. The van der Waals surface area contributed by atoms with E-state index < -0.39 is 14.9 Å². The van der Waals surface area contributed by atoms with E-state index in [1.54, 1.807) is 19.1 Å². The second-order valence-corrected chi connectivity index (χ2v) is 8.49. The lowest BCUT2D eigenvalue weighted by atomic mass is 10.1. The summed E-state index contributed by atoms with van der Waals surface area (Å²) in [4.78, 5) is 10.1. The fraction of sp³-hybridized carbons (Fsp3) is 0.0500. The Balaban J connectivity index is 1.96. The zero-order chi connectivity index (χ0) is 22.6. The number of nitrogens with one attached hydrogen (secondary N) is 2. The number of rotatable bonds is 7. The predicted molar refractivity (Wildman–Crippen MR) is 119 cm³/mol. The van der Waals surface area contributed by atoms with Crippen molar-refractivity contribution in [2.75, 3.05) is 10.1 Å². The molecule has 3 aromatic rings. The molecule has 0 aliphatic heterocycles. The Kier molecular flexibility index (Phi) is 6.42. The zero-order valence-electron chi connectivity index (χ0n) is 16.1. The fourth-order valence-electron chi connectivity index (χ4n) is 2.58. The molecule has 0 saturated carbocycles. The number of aromatic hydroxyl groups is 1. The number of sulfonamides is 1. The molecule has 0 unspecified atom stereocenters. The highest BCUT2D eigenvalue weighted by Crippen LogP contribution is 2.29. The summed E-state index contributed by atoms with van der Waals surface area (Å²) >= 11 is 5.82. The first kappa shape index (κ1) is 22.1. The first-order chi connectivity index (χ1) is 14.7. The predicted octanol–water partition coefficient (Wildman–Crippen LogP) is 4.59. The normalized spacial score (nSPS) is 11.7. The molecule has 9 nitrogen and oxygen atoms in total. The molecule has 3 aromatic carbocycles. The number of halogens is 1. The van der Waals surface area contributed by atoms with Gasteiger partial charge in [-0.1, -0.05) is 11.6 Å². The molecule has 31 heavy (non-hydrogen) atoms. The topological polar surface area (TPSA) is 134 Å². The van der Waals surface area contributed by atoms with E-state index in [9.17, 15) is 23.6 Å². The average Bonchev–Trinajstić information content (AvgIpc) is 2.74. The number of phenolic OH excluding ortho intramolecular Hbond substituents is 1. The van der Waals surface area contributed by atoms with Gasteiger partial charge in [-0.2, -0.15) is 5.10 Å². The number of hydrogen-bond donors (Lipinski definition) is 3. The van der Waals surface area contributed by atoms with Gasteiger partial charge in [0, 0.05) is 22.8 Å². The number of benzene rings is 3. The van der Waals surface area contributed by atoms with Crippen molar-refractivity contribution in [1.29, 1.82) is 0 Å². The molecule has 3 N–H and O–H groups in total. The van der Waals surface area contributed by atoms with Gasteiger partial charge < -0.3 is 5.11 Å². The molecule has 0 fully saturated rings. The van der Waals surface area contributed by atoms with Gasteiger partial charge in [-0.05, 0) is 67.1 Å². The Morgan fingerprint density at radius 2 is 1.71 bits per heavy atom. The van der Waals surface area contributed by atoms with Gasteiger partial charge in [-0.25, -0.2) is 8.42 Å². The molecule has 0 aliphatic carbocycles. The first-order valence-electron chi connectivity index (χ1n) is 8.82. The van der Waals surface area contributed by atoms with Crippen molar-refractivity contribution in [2.45, 2.75) is 11.8 Å². The third-order valence-electron chi connectivity index (χ3n) is 4.19. The number of phenols is 1. The second kappa shape index (κ2) is 9.02. The molecule has 0 amide bonds. The van der Waals surface area contributed by atoms with E-state index in [2.05, 4.69) is 15.2 Å². The van der Waals surface area contributed by atoms with E-state index in [4.69, 9.17) is 11.6 Å². The van der Waals surface area contributed by atoms with Crippen LogP contribution < -0.4 is 10.1 Å². The van der Waals surface area contributed by atoms with Gasteiger partial charge in [0.25, 0.3) is 15.7 Å². The Bertz CT molecular complexity index is 1240. The number of anilines is 2. The minimum Gasteiger partial charge on any atom is -0.508 e. The summed E-state index contributed by atoms with van der Waals surface area (Å²) in [6.45, 7) is 1.69. The summed E-state index contributed by atoms with van der Waals surface area (Å²) in [6.07, 6.45) is 0. The maximum atomic E-state index is 13.0. The van der Waals surface area contributed by atoms with E-state index in [1.807, 2.05) is 0 Å². The lowest BCUT2D eigenvalue weighted by Crippen LogP contribution is -2.15. The van der Waals surface area contributed by atoms with Crippen LogP contribution in [0.15, 0.2) is 76.7 Å². The minimum absolute atomic E-state index is 0.0465. The van der Waals surface area contributed by atoms with Crippen LogP contribution in [0.5, 0.6) is 5.75 Å². The summed E-state index contributed by atoms with van der Waals surface area (Å²) in [5.74, 6) is 0.0986. The van der Waals surface area contributed by atoms with E-state index in [0.29, 0.717) is 16.3 Å². The quantitative estimate of drug-likeness (QED) is 0.268. The molecule has 0 atom stereocenters. The van der Waals surface area contributed by atoms with Crippen molar-refractivity contribution in [2.24, 2.45) is 5.10 Å². The highest BCUT2D eigenvalue weighted by molar-refractivity contribution is 7.92. The molecular formula is C20H17ClN4O5S. The molecule has 0 saturated heterocycles. The molecular weight excluding hydrogens is 444 g/mol. The summed E-state index contributed by atoms with van der Waals surface area (Å²) in [6, 6.07) is 15.6. The molecule has 160 valence electrons. The molecule has 11 heteroatoms. The third-order valence-corrected chi connectivity index (χ3v) is 5.86. The fourth-order valence-corrected chi connectivity index (χ4v) is 3.94. The number of nitrogens with zero attached hydrogens (tertiary/aromatic N) is 2. The van der Waals surface area contributed by atoms with Crippen LogP contribution in [0.2, 0.25) is 5.02 Å². The summed E-state index contributed by atoms with van der Waals surface area (Å²) in [7, 11) is -4.19. The standard InChI is InChI=1S/C20H17ClN4O5S/c1-13(14-2-9-18(26)10-3-14)22-23-19-11-8-17(25(27)28)12-20(19)31(29,30)24-16-6-4-15(21)5-7-16/h2-12,23-24,26H,1H3/b22-13-. The molecule has 0 aromatic heterocycles. The lowest BCUT2D eigenvalue weighted by Gasteiger charge is -2.12. The van der Waals surface area contributed by atoms with E-state index in [-0.39, 0.29) is 27.7 Å². The van der Waals surface area contributed by atoms with E-state index >= 15 is 0 Å². The van der Waals surface area contributed by atoms with Crippen molar-refractivity contribution < 1.29 is 18.4 Å². The molecule has 0 radical (unpaired) electrons. The van der Waals surface area contributed by atoms with Crippen LogP contribution in [-0.2, 0) is 10.0 Å². The van der Waals surface area contributed by atoms with Gasteiger partial charge in [-0.15, -0.1) is 0 Å². The highest BCUT2D eigenvalue weighted by atomic mass is 35.5. The molecule has 0 heterocycles. The van der Waals surface area contributed by atoms with Crippen molar-refractivity contribution >= 4 is 44.4 Å². The lowest BCUT2D eigenvalue weighted by molar-refractivity contribution is -0.385. The second-order valence-electron chi connectivity index (χ2n) is 6.41. The molecule has 0 bridgehead atoms. The SMILES string of the molecule is C/C(=N/Nc1ccc([N+](=O)[O-])cc1S(=O)(=O)Nc1ccc(Cl)cc1)c1ccc(O)cc1. The smallest absolute Gasteiger partial charge is 0.270 e. The molecule has 3 rings (SSSR count). The maximum absolute atomic E-state index is 13.0. The van der Waals surface area contributed by atoms with E-state index in [1.165, 1.54) is 48.5 Å². The number of non-ortho nitro benzene ring substituents is 1. The average molecular weight is 461 g/mol. The van der Waals surface area contributed by atoms with Crippen LogP contribution in [-0.4, -0.2) is 24.2 Å². The van der Waals surface area contributed by atoms with Crippen LogP contribution in [0, 0.1) is 10.1 Å². The van der Waals surface area contributed by atoms with Crippen molar-refractivity contribution in [3.63, 3.8) is 0 Å². The Morgan fingerprint density at radius 3 is 2.32 bits per heavy atom. The highest BCUT2D eigenvalue weighted by Gasteiger charge is 2.23. The van der Waals surface area contributed by atoms with Crippen molar-refractivity contribution in [3.8, 4) is 5.75 Å². The summed E-state index contributed by atoms with van der Waals surface area (Å²) in [5, 5.41) is 25.2. The van der Waals surface area contributed by atoms with Gasteiger partial charge in [0.2, 0.25) is 0 Å². The van der Waals surface area contributed by atoms with Crippen LogP contribution in [0.25, 0.3) is 0 Å². The van der Waals surface area contributed by atoms with Gasteiger partial charge in [0.15, 0.2) is 0 Å². The molecule has 0 spiro atoms. The largest absolute Gasteiger partial charge is 0.508 e. The Hall–Kier alpha value is -3.63. The number of nitro benzene ring substituents is 1. The third kappa shape index (κ3) is 5.50. The Labute approximate surface area is 183 Å². The van der Waals surface area contributed by atoms with Crippen molar-refractivity contribution in [3.05, 3.63) is 87.4 Å². The van der Waals surface area contributed by atoms with Gasteiger partial charge in [-0.3, -0.25) is 20.3 Å². The van der Waals surface area contributed by atoms with E-state index in [0.717, 1.165) is 6.07 Å². The van der Waals surface area contributed by atoms with Crippen LogP contribution in [0.1, 0.15) is 12.5 Å². The van der Waals surface area contributed by atoms with Crippen LogP contribution >= 0.6 is 11.6 Å². The summed E-state index contributed by atoms with van der Waals surface area (Å²) in [5.41, 5.74) is 3.75. The zero-order valence-corrected chi connectivity index (χ0v) is 17.7. The van der Waals surface area contributed by atoms with Crippen LogP contribution in [0.3, 0.4) is 0 Å². The monoisotopic (exact) mass is 460 g/mol. The number of nitro groups is 1. The minimum atomic E-state index is -4.19. The Morgan fingerprint density at radius 1 is 1.06 bits per heavy atom. The first-order valence-corrected chi connectivity index (χ1v) is 10.7. The number of hydrogen-bond acceptors (Lipinski definition) is 7. The number of hydrazone groups is 1. The molecule has 0 aliphatic rings. The van der Waals surface area contributed by atoms with Crippen LogP contribution in [0.4, 0.5) is 17.1 Å².